The maximum absolute atomic E-state index is 13.5. The van der Waals surface area contributed by atoms with Gasteiger partial charge in [-0.1, -0.05) is 48.5 Å². The Kier molecular flexibility index (Phi) is 4.35. The van der Waals surface area contributed by atoms with Crippen LogP contribution in [0.1, 0.15) is 39.7 Å². The largest absolute Gasteiger partial charge is 0.272 e. The van der Waals surface area contributed by atoms with Gasteiger partial charge < -0.3 is 0 Å². The Bertz CT molecular complexity index is 1290. The fraction of sp³-hybridized carbons (Fsp3) is 0.160. The average Bonchev–Trinajstić information content (AvgIpc) is 3.08. The summed E-state index contributed by atoms with van der Waals surface area (Å²) in [5.41, 5.74) is 4.89. The Hall–Kier alpha value is -3.65. The molecule has 2 bridgehead atoms. The van der Waals surface area contributed by atoms with Gasteiger partial charge in [-0.05, 0) is 44.3 Å². The van der Waals surface area contributed by atoms with Crippen LogP contribution >= 0.6 is 15.9 Å². The molecular formula is C25H16BrN3O4. The van der Waals surface area contributed by atoms with E-state index < -0.39 is 16.8 Å². The van der Waals surface area contributed by atoms with Gasteiger partial charge in [-0.25, -0.2) is 0 Å². The van der Waals surface area contributed by atoms with Crippen LogP contribution in [0.2, 0.25) is 0 Å². The van der Waals surface area contributed by atoms with Gasteiger partial charge in [0.2, 0.25) is 0 Å². The van der Waals surface area contributed by atoms with E-state index in [0.717, 1.165) is 27.3 Å². The minimum atomic E-state index is -0.496. The maximum Gasteiger partial charge on any atom is 0.270 e. The molecule has 0 unspecified atom stereocenters. The molecule has 4 aliphatic rings. The third kappa shape index (κ3) is 2.77. The molecular weight excluding hydrogens is 486 g/mol. The number of benzene rings is 3. The van der Waals surface area contributed by atoms with Crippen molar-refractivity contribution in [1.82, 2.24) is 5.01 Å². The summed E-state index contributed by atoms with van der Waals surface area (Å²) in [6.45, 7) is 0. The van der Waals surface area contributed by atoms with Gasteiger partial charge in [0.15, 0.2) is 0 Å². The number of non-ortho nitro benzene ring substituents is 1. The monoisotopic (exact) mass is 501 g/mol. The topological polar surface area (TPSA) is 92.9 Å². The number of amides is 2. The zero-order valence-corrected chi connectivity index (χ0v) is 18.7. The first-order chi connectivity index (χ1) is 16.0. The first-order valence-corrected chi connectivity index (χ1v) is 11.3. The van der Waals surface area contributed by atoms with Gasteiger partial charge >= 0.3 is 0 Å². The van der Waals surface area contributed by atoms with Gasteiger partial charge in [0.05, 0.1) is 23.0 Å². The highest BCUT2D eigenvalue weighted by atomic mass is 79.9. The number of nitro benzene ring substituents is 1. The van der Waals surface area contributed by atoms with Crippen LogP contribution in [0.3, 0.4) is 0 Å². The molecule has 7 rings (SSSR count). The Morgan fingerprint density at radius 3 is 1.76 bits per heavy atom. The molecule has 2 amide bonds. The van der Waals surface area contributed by atoms with Gasteiger partial charge in [-0.2, -0.15) is 10.1 Å². The van der Waals surface area contributed by atoms with E-state index in [1.165, 1.54) is 24.4 Å². The van der Waals surface area contributed by atoms with Crippen LogP contribution < -0.4 is 0 Å². The molecule has 1 fully saturated rings. The first kappa shape index (κ1) is 20.0. The minimum absolute atomic E-state index is 0.0644. The summed E-state index contributed by atoms with van der Waals surface area (Å²) in [6, 6.07) is 20.3. The van der Waals surface area contributed by atoms with Crippen LogP contribution in [0.15, 0.2) is 76.3 Å². The van der Waals surface area contributed by atoms with Crippen molar-refractivity contribution in [2.24, 2.45) is 16.9 Å². The normalized spacial score (nSPS) is 24.7. The van der Waals surface area contributed by atoms with Crippen molar-refractivity contribution in [2.45, 2.75) is 11.8 Å². The highest BCUT2D eigenvalue weighted by molar-refractivity contribution is 9.10. The fourth-order valence-corrected chi connectivity index (χ4v) is 6.10. The first-order valence-electron chi connectivity index (χ1n) is 10.5. The van der Waals surface area contributed by atoms with Crippen LogP contribution in [0, 0.1) is 22.0 Å². The van der Waals surface area contributed by atoms with E-state index in [1.807, 2.05) is 24.3 Å². The summed E-state index contributed by atoms with van der Waals surface area (Å²) in [6.07, 6.45) is 1.39. The lowest BCUT2D eigenvalue weighted by atomic mass is 9.55. The Balaban J connectivity index is 1.41. The molecule has 1 aliphatic heterocycles. The van der Waals surface area contributed by atoms with Gasteiger partial charge in [0.1, 0.15) is 0 Å². The van der Waals surface area contributed by atoms with Crippen molar-refractivity contribution in [1.29, 1.82) is 0 Å². The smallest absolute Gasteiger partial charge is 0.270 e. The molecule has 0 spiro atoms. The second kappa shape index (κ2) is 7.18. The Morgan fingerprint density at radius 2 is 1.33 bits per heavy atom. The minimum Gasteiger partial charge on any atom is -0.272 e. The molecule has 3 aromatic rings. The van der Waals surface area contributed by atoms with Crippen LogP contribution in [-0.4, -0.2) is 28.0 Å². The number of hydrazone groups is 1. The zero-order valence-electron chi connectivity index (χ0n) is 17.1. The van der Waals surface area contributed by atoms with Gasteiger partial charge in [0, 0.05) is 34.0 Å². The third-order valence-electron chi connectivity index (χ3n) is 6.93. The molecule has 3 aromatic carbocycles. The molecule has 2 atom stereocenters. The molecule has 0 aromatic heterocycles. The lowest BCUT2D eigenvalue weighted by Gasteiger charge is -2.45. The predicted octanol–water partition coefficient (Wildman–Crippen LogP) is 4.58. The molecule has 8 heteroatoms. The third-order valence-corrected chi connectivity index (χ3v) is 7.62. The number of carbonyl (C=O) groups excluding carboxylic acids is 2. The van der Waals surface area contributed by atoms with Crippen molar-refractivity contribution >= 4 is 39.6 Å². The summed E-state index contributed by atoms with van der Waals surface area (Å²) >= 11 is 3.30. The number of nitrogens with zero attached hydrogens (tertiary/aromatic N) is 3. The van der Waals surface area contributed by atoms with E-state index in [9.17, 15) is 19.7 Å². The lowest BCUT2D eigenvalue weighted by Crippen LogP contribution is -2.41. The van der Waals surface area contributed by atoms with E-state index in [2.05, 4.69) is 45.3 Å². The molecule has 0 saturated carbocycles. The van der Waals surface area contributed by atoms with Gasteiger partial charge in [-0.3, -0.25) is 19.7 Å². The molecule has 7 nitrogen and oxygen atoms in total. The van der Waals surface area contributed by atoms with E-state index in [4.69, 9.17) is 0 Å². The summed E-state index contributed by atoms with van der Waals surface area (Å²) in [7, 11) is 0. The molecule has 1 heterocycles. The van der Waals surface area contributed by atoms with Crippen molar-refractivity contribution in [3.8, 4) is 0 Å². The second-order valence-corrected chi connectivity index (χ2v) is 9.31. The van der Waals surface area contributed by atoms with E-state index >= 15 is 0 Å². The van der Waals surface area contributed by atoms with E-state index in [-0.39, 0.29) is 29.3 Å². The summed E-state index contributed by atoms with van der Waals surface area (Å²) in [4.78, 5) is 37.5. The lowest BCUT2D eigenvalue weighted by molar-refractivity contribution is -0.384. The highest BCUT2D eigenvalue weighted by Crippen LogP contribution is 2.60. The van der Waals surface area contributed by atoms with Crippen LogP contribution in [0.5, 0.6) is 0 Å². The summed E-state index contributed by atoms with van der Waals surface area (Å²) in [5.74, 6) is -1.98. The summed E-state index contributed by atoms with van der Waals surface area (Å²) < 4.78 is 0.455. The number of rotatable bonds is 3. The van der Waals surface area contributed by atoms with Crippen molar-refractivity contribution in [3.05, 3.63) is 109 Å². The Labute approximate surface area is 197 Å². The maximum atomic E-state index is 13.5. The highest BCUT2D eigenvalue weighted by Gasteiger charge is 2.61. The standard InChI is InChI=1S/C25H16BrN3O4/c26-19-11-14(29(32)33)10-9-13(19)12-27-28-24(30)22-20-15-5-1-2-6-16(15)21(23(22)25(28)31)18-8-4-3-7-17(18)20/h1-12,20-23H/b27-12-/t20?,21?,22-,23-/m0/s1. The SMILES string of the molecule is O=C1[C@H]2C3c4ccccc4C(c4ccccc43)[C@@H]2C(=O)N1/N=C\c1ccc([N+](=O)[O-])cc1Br. The molecule has 0 radical (unpaired) electrons. The fourth-order valence-electron chi connectivity index (χ4n) is 5.63. The molecule has 0 N–H and O–H groups in total. The van der Waals surface area contributed by atoms with Crippen LogP contribution in [-0.2, 0) is 9.59 Å². The van der Waals surface area contributed by atoms with Crippen molar-refractivity contribution in [2.75, 3.05) is 0 Å². The summed E-state index contributed by atoms with van der Waals surface area (Å²) in [5, 5.41) is 16.2. The number of carbonyl (C=O) groups is 2. The van der Waals surface area contributed by atoms with Crippen molar-refractivity contribution in [3.63, 3.8) is 0 Å². The van der Waals surface area contributed by atoms with Crippen molar-refractivity contribution < 1.29 is 14.5 Å². The number of halogens is 1. The molecule has 1 saturated heterocycles. The molecule has 3 aliphatic carbocycles. The van der Waals surface area contributed by atoms with E-state index in [1.54, 1.807) is 0 Å². The van der Waals surface area contributed by atoms with Crippen LogP contribution in [0.4, 0.5) is 5.69 Å². The molecule has 162 valence electrons. The molecule has 33 heavy (non-hydrogen) atoms. The van der Waals surface area contributed by atoms with Gasteiger partial charge in [0.25, 0.3) is 17.5 Å². The number of hydrogen-bond acceptors (Lipinski definition) is 5. The average molecular weight is 502 g/mol. The van der Waals surface area contributed by atoms with Gasteiger partial charge in [-0.15, -0.1) is 0 Å². The second-order valence-electron chi connectivity index (χ2n) is 8.46. The number of hydrogen-bond donors (Lipinski definition) is 0. The number of imide groups is 1. The van der Waals surface area contributed by atoms with Crippen LogP contribution in [0.25, 0.3) is 0 Å². The van der Waals surface area contributed by atoms with E-state index in [0.29, 0.717) is 10.0 Å². The number of nitro groups is 1. The predicted molar refractivity (Wildman–Crippen MR) is 124 cm³/mol. The zero-order chi connectivity index (χ0) is 22.9. The Morgan fingerprint density at radius 1 is 0.848 bits per heavy atom. The quantitative estimate of drug-likeness (QED) is 0.227.